The molecule has 0 aromatic heterocycles. The molecule has 2 amide bonds. The SMILES string of the molecule is CC(CCC(=O)N1CCN(C(C)C(=O)O)CC1)NC(=O)OCC1c2ccccc2-c2ccccc21. The van der Waals surface area contributed by atoms with Gasteiger partial charge in [-0.3, -0.25) is 14.5 Å². The average molecular weight is 480 g/mol. The maximum atomic E-state index is 12.6. The number of fused-ring (bicyclic) bond motifs is 3. The average Bonchev–Trinajstić information content (AvgIpc) is 3.19. The molecule has 1 heterocycles. The third-order valence-electron chi connectivity index (χ3n) is 7.07. The molecule has 2 unspecified atom stereocenters. The Hall–Kier alpha value is -3.39. The molecule has 1 aliphatic carbocycles. The van der Waals surface area contributed by atoms with Crippen molar-refractivity contribution < 1.29 is 24.2 Å². The maximum Gasteiger partial charge on any atom is 0.407 e. The third-order valence-corrected chi connectivity index (χ3v) is 7.07. The fourth-order valence-corrected chi connectivity index (χ4v) is 4.93. The number of alkyl carbamates (subject to hydrolysis) is 1. The molecule has 1 fully saturated rings. The Morgan fingerprint density at radius 2 is 1.54 bits per heavy atom. The lowest BCUT2D eigenvalue weighted by Gasteiger charge is -2.36. The van der Waals surface area contributed by atoms with Gasteiger partial charge in [-0.2, -0.15) is 0 Å². The molecule has 1 saturated heterocycles. The number of piperazine rings is 1. The lowest BCUT2D eigenvalue weighted by Crippen LogP contribution is -2.53. The summed E-state index contributed by atoms with van der Waals surface area (Å²) in [6.45, 7) is 5.91. The van der Waals surface area contributed by atoms with E-state index in [4.69, 9.17) is 9.84 Å². The standard InChI is InChI=1S/C27H33N3O5/c1-18(11-12-25(31)30-15-13-29(14-16-30)19(2)26(32)33)28-27(34)35-17-24-22-9-5-3-7-20(22)21-8-4-6-10-23(21)24/h3-10,18-19,24H,11-17H2,1-2H3,(H,28,34)(H,32,33). The summed E-state index contributed by atoms with van der Waals surface area (Å²) in [6, 6.07) is 15.6. The van der Waals surface area contributed by atoms with Crippen molar-refractivity contribution in [1.29, 1.82) is 0 Å². The van der Waals surface area contributed by atoms with E-state index < -0.39 is 18.1 Å². The van der Waals surface area contributed by atoms with Gasteiger partial charge in [-0.1, -0.05) is 48.5 Å². The highest BCUT2D eigenvalue weighted by Crippen LogP contribution is 2.44. The number of carbonyl (C=O) groups is 3. The Morgan fingerprint density at radius 1 is 0.971 bits per heavy atom. The topological polar surface area (TPSA) is 99.2 Å². The molecular formula is C27H33N3O5. The molecular weight excluding hydrogens is 446 g/mol. The molecule has 0 radical (unpaired) electrons. The number of nitrogens with zero attached hydrogens (tertiary/aromatic N) is 2. The second kappa shape index (κ2) is 10.9. The molecule has 4 rings (SSSR count). The summed E-state index contributed by atoms with van der Waals surface area (Å²) in [6.07, 6.45) is 0.344. The van der Waals surface area contributed by atoms with Crippen LogP contribution < -0.4 is 5.32 Å². The molecule has 8 nitrogen and oxygen atoms in total. The first-order valence-corrected chi connectivity index (χ1v) is 12.2. The lowest BCUT2D eigenvalue weighted by atomic mass is 9.98. The zero-order valence-electron chi connectivity index (χ0n) is 20.3. The maximum absolute atomic E-state index is 12.6. The summed E-state index contributed by atoms with van der Waals surface area (Å²) in [7, 11) is 0. The van der Waals surface area contributed by atoms with Crippen LogP contribution in [0.1, 0.15) is 43.7 Å². The Morgan fingerprint density at radius 3 is 2.11 bits per heavy atom. The van der Waals surface area contributed by atoms with Crippen molar-refractivity contribution in [2.75, 3.05) is 32.8 Å². The molecule has 186 valence electrons. The number of carboxylic acids is 1. The van der Waals surface area contributed by atoms with Gasteiger partial charge in [0, 0.05) is 44.6 Å². The minimum Gasteiger partial charge on any atom is -0.480 e. The minimum atomic E-state index is -0.849. The summed E-state index contributed by atoms with van der Waals surface area (Å²) in [5.74, 6) is -0.820. The predicted molar refractivity (Wildman–Crippen MR) is 132 cm³/mol. The van der Waals surface area contributed by atoms with Crippen LogP contribution in [0.2, 0.25) is 0 Å². The molecule has 2 aromatic carbocycles. The zero-order chi connectivity index (χ0) is 24.9. The Bertz CT molecular complexity index is 1030. The largest absolute Gasteiger partial charge is 0.480 e. The molecule has 35 heavy (non-hydrogen) atoms. The molecule has 0 bridgehead atoms. The smallest absolute Gasteiger partial charge is 0.407 e. The van der Waals surface area contributed by atoms with E-state index >= 15 is 0 Å². The van der Waals surface area contributed by atoms with Crippen LogP contribution in [0.15, 0.2) is 48.5 Å². The van der Waals surface area contributed by atoms with Crippen molar-refractivity contribution in [3.05, 3.63) is 59.7 Å². The third kappa shape index (κ3) is 5.65. The van der Waals surface area contributed by atoms with E-state index in [0.717, 1.165) is 11.1 Å². The Labute approximate surface area is 205 Å². The van der Waals surface area contributed by atoms with Crippen LogP contribution in [0.5, 0.6) is 0 Å². The number of hydrogen-bond acceptors (Lipinski definition) is 5. The van der Waals surface area contributed by atoms with E-state index in [9.17, 15) is 14.4 Å². The number of aliphatic carboxylic acids is 1. The van der Waals surface area contributed by atoms with Crippen molar-refractivity contribution in [1.82, 2.24) is 15.1 Å². The van der Waals surface area contributed by atoms with Crippen molar-refractivity contribution in [3.8, 4) is 11.1 Å². The highest BCUT2D eigenvalue weighted by molar-refractivity contribution is 5.79. The highest BCUT2D eigenvalue weighted by Gasteiger charge is 2.30. The van der Waals surface area contributed by atoms with Crippen molar-refractivity contribution in [3.63, 3.8) is 0 Å². The summed E-state index contributed by atoms with van der Waals surface area (Å²) in [5.41, 5.74) is 4.69. The van der Waals surface area contributed by atoms with Crippen molar-refractivity contribution in [2.45, 2.75) is 44.7 Å². The van der Waals surface area contributed by atoms with Gasteiger partial charge in [0.05, 0.1) is 0 Å². The summed E-state index contributed by atoms with van der Waals surface area (Å²) < 4.78 is 5.59. The number of amides is 2. The number of rotatable bonds is 8. The van der Waals surface area contributed by atoms with Gasteiger partial charge in [0.2, 0.25) is 5.91 Å². The van der Waals surface area contributed by atoms with Crippen LogP contribution in [0.3, 0.4) is 0 Å². The summed E-state index contributed by atoms with van der Waals surface area (Å²) >= 11 is 0. The molecule has 2 aliphatic rings. The normalized spacial score (nSPS) is 17.3. The van der Waals surface area contributed by atoms with Crippen LogP contribution in [0.4, 0.5) is 4.79 Å². The van der Waals surface area contributed by atoms with Crippen LogP contribution in [-0.2, 0) is 14.3 Å². The van der Waals surface area contributed by atoms with E-state index in [-0.39, 0.29) is 24.5 Å². The van der Waals surface area contributed by atoms with E-state index in [1.807, 2.05) is 36.1 Å². The number of benzene rings is 2. The predicted octanol–water partition coefficient (Wildman–Crippen LogP) is 3.31. The van der Waals surface area contributed by atoms with E-state index in [2.05, 4.69) is 29.6 Å². The van der Waals surface area contributed by atoms with Gasteiger partial charge >= 0.3 is 12.1 Å². The first-order valence-electron chi connectivity index (χ1n) is 12.2. The second-order valence-electron chi connectivity index (χ2n) is 9.34. The number of carbonyl (C=O) groups excluding carboxylic acids is 2. The van der Waals surface area contributed by atoms with Gasteiger partial charge in [-0.25, -0.2) is 4.79 Å². The monoisotopic (exact) mass is 479 g/mol. The van der Waals surface area contributed by atoms with Crippen molar-refractivity contribution >= 4 is 18.0 Å². The Kier molecular flexibility index (Phi) is 7.70. The first kappa shape index (κ1) is 24.7. The van der Waals surface area contributed by atoms with Crippen LogP contribution >= 0.6 is 0 Å². The molecule has 0 saturated carbocycles. The van der Waals surface area contributed by atoms with Gasteiger partial charge in [-0.15, -0.1) is 0 Å². The van der Waals surface area contributed by atoms with Crippen molar-refractivity contribution in [2.24, 2.45) is 0 Å². The molecule has 8 heteroatoms. The van der Waals surface area contributed by atoms with E-state index in [1.54, 1.807) is 11.8 Å². The molecule has 1 aliphatic heterocycles. The quantitative estimate of drug-likeness (QED) is 0.603. The van der Waals surface area contributed by atoms with E-state index in [1.165, 1.54) is 11.1 Å². The van der Waals surface area contributed by atoms with E-state index in [0.29, 0.717) is 39.0 Å². The lowest BCUT2D eigenvalue weighted by molar-refractivity contribution is -0.144. The molecule has 2 aromatic rings. The van der Waals surface area contributed by atoms with Gasteiger partial charge in [0.25, 0.3) is 0 Å². The molecule has 2 N–H and O–H groups in total. The van der Waals surface area contributed by atoms with Gasteiger partial charge in [-0.05, 0) is 42.5 Å². The Balaban J connectivity index is 1.21. The minimum absolute atomic E-state index is 0.00699. The van der Waals surface area contributed by atoms with Crippen LogP contribution in [0.25, 0.3) is 11.1 Å². The van der Waals surface area contributed by atoms with Crippen LogP contribution in [-0.4, -0.2) is 77.7 Å². The van der Waals surface area contributed by atoms with Gasteiger partial charge in [0.15, 0.2) is 0 Å². The summed E-state index contributed by atoms with van der Waals surface area (Å²) in [4.78, 5) is 39.8. The fourth-order valence-electron chi connectivity index (χ4n) is 4.93. The van der Waals surface area contributed by atoms with Gasteiger partial charge < -0.3 is 20.1 Å². The van der Waals surface area contributed by atoms with Crippen LogP contribution in [0, 0.1) is 0 Å². The van der Waals surface area contributed by atoms with Gasteiger partial charge in [0.1, 0.15) is 12.6 Å². The highest BCUT2D eigenvalue weighted by atomic mass is 16.5. The first-order chi connectivity index (χ1) is 16.8. The molecule has 0 spiro atoms. The fraction of sp³-hybridized carbons (Fsp3) is 0.444. The molecule has 2 atom stereocenters. The zero-order valence-corrected chi connectivity index (χ0v) is 20.3. The number of ether oxygens (including phenoxy) is 1. The number of nitrogens with one attached hydrogen (secondary N) is 1. The number of carboxylic acid groups (broad SMARTS) is 1. The summed E-state index contributed by atoms with van der Waals surface area (Å²) in [5, 5.41) is 12.0. The number of hydrogen-bond donors (Lipinski definition) is 2. The second-order valence-corrected chi connectivity index (χ2v) is 9.34.